The van der Waals surface area contributed by atoms with Gasteiger partial charge >= 0.3 is 0 Å². The first kappa shape index (κ1) is 12.2. The van der Waals surface area contributed by atoms with Gasteiger partial charge in [0.25, 0.3) is 0 Å². The molecule has 0 amide bonds. The van der Waals surface area contributed by atoms with Crippen LogP contribution in [-0.2, 0) is 11.2 Å². The smallest absolute Gasteiger partial charge is 0.137 e. The first-order valence-electron chi connectivity index (χ1n) is 6.69. The summed E-state index contributed by atoms with van der Waals surface area (Å²) in [5, 5.41) is 4.07. The third-order valence-electron chi connectivity index (χ3n) is 3.82. The third-order valence-corrected chi connectivity index (χ3v) is 4.15. The lowest BCUT2D eigenvalue weighted by Crippen LogP contribution is -2.31. The molecule has 0 aliphatic carbocycles. The van der Waals surface area contributed by atoms with Gasteiger partial charge in [0.05, 0.1) is 18.2 Å². The zero-order valence-corrected chi connectivity index (χ0v) is 11.3. The zero-order valence-electron chi connectivity index (χ0n) is 10.5. The Labute approximate surface area is 112 Å². The first-order chi connectivity index (χ1) is 8.78. The topological polar surface area (TPSA) is 47.0 Å². The molecule has 2 fully saturated rings. The predicted octanol–water partition coefficient (Wildman–Crippen LogP) is 2.81. The van der Waals surface area contributed by atoms with Crippen LogP contribution in [0.2, 0.25) is 5.15 Å². The number of fused-ring (bicyclic) bond motifs is 2. The lowest BCUT2D eigenvalue weighted by atomic mass is 9.95. The second-order valence-electron chi connectivity index (χ2n) is 5.10. The standard InChI is InChI=1S/C13H18ClN3O/c1-2-3-9-12(14)15-7-16-13(9)17-10-6-8-4-5-11(10)18-8/h7-8,10-11H,2-6H2,1H3,(H,15,16,17). The zero-order chi connectivity index (χ0) is 12.5. The van der Waals surface area contributed by atoms with E-state index in [0.717, 1.165) is 37.1 Å². The summed E-state index contributed by atoms with van der Waals surface area (Å²) in [5.74, 6) is 0.887. The number of nitrogens with zero attached hydrogens (tertiary/aromatic N) is 2. The molecule has 2 aliphatic rings. The summed E-state index contributed by atoms with van der Waals surface area (Å²) < 4.78 is 5.85. The number of rotatable bonds is 4. The minimum Gasteiger partial charge on any atom is -0.373 e. The molecule has 18 heavy (non-hydrogen) atoms. The molecule has 4 nitrogen and oxygen atoms in total. The van der Waals surface area contributed by atoms with Gasteiger partial charge in [0.2, 0.25) is 0 Å². The van der Waals surface area contributed by atoms with E-state index in [0.29, 0.717) is 23.4 Å². The van der Waals surface area contributed by atoms with Crippen molar-refractivity contribution < 1.29 is 4.74 Å². The Hall–Kier alpha value is -0.870. The van der Waals surface area contributed by atoms with Crippen molar-refractivity contribution in [2.45, 2.75) is 57.3 Å². The van der Waals surface area contributed by atoms with Gasteiger partial charge in [0, 0.05) is 5.56 Å². The largest absolute Gasteiger partial charge is 0.373 e. The minimum absolute atomic E-state index is 0.346. The van der Waals surface area contributed by atoms with Crippen molar-refractivity contribution in [1.29, 1.82) is 0 Å². The van der Waals surface area contributed by atoms with Crippen LogP contribution in [0.5, 0.6) is 0 Å². The Morgan fingerprint density at radius 3 is 3.00 bits per heavy atom. The van der Waals surface area contributed by atoms with Gasteiger partial charge in [-0.15, -0.1) is 0 Å². The number of halogens is 1. The molecule has 2 saturated heterocycles. The van der Waals surface area contributed by atoms with Crippen LogP contribution in [0.15, 0.2) is 6.33 Å². The van der Waals surface area contributed by atoms with E-state index in [2.05, 4.69) is 22.2 Å². The number of anilines is 1. The van der Waals surface area contributed by atoms with Crippen LogP contribution in [0.4, 0.5) is 5.82 Å². The Kier molecular flexibility index (Phi) is 3.39. The Morgan fingerprint density at radius 1 is 1.44 bits per heavy atom. The molecular weight excluding hydrogens is 250 g/mol. The quantitative estimate of drug-likeness (QED) is 0.852. The van der Waals surface area contributed by atoms with Crippen molar-refractivity contribution in [3.8, 4) is 0 Å². The molecule has 0 aromatic carbocycles. The van der Waals surface area contributed by atoms with Crippen LogP contribution < -0.4 is 5.32 Å². The van der Waals surface area contributed by atoms with Crippen molar-refractivity contribution in [3.63, 3.8) is 0 Å². The number of aromatic nitrogens is 2. The maximum atomic E-state index is 6.15. The van der Waals surface area contributed by atoms with Crippen LogP contribution in [0, 0.1) is 0 Å². The highest BCUT2D eigenvalue weighted by molar-refractivity contribution is 6.30. The maximum absolute atomic E-state index is 6.15. The molecular formula is C13H18ClN3O. The normalized spacial score (nSPS) is 29.8. The molecule has 3 unspecified atom stereocenters. The SMILES string of the molecule is CCCc1c(Cl)ncnc1NC1CC2CCC1O2. The van der Waals surface area contributed by atoms with E-state index in [1.807, 2.05) is 0 Å². The van der Waals surface area contributed by atoms with E-state index in [1.165, 1.54) is 12.7 Å². The molecule has 3 atom stereocenters. The van der Waals surface area contributed by atoms with Crippen molar-refractivity contribution in [2.75, 3.05) is 5.32 Å². The molecule has 3 rings (SSSR count). The fraction of sp³-hybridized carbons (Fsp3) is 0.692. The van der Waals surface area contributed by atoms with Crippen molar-refractivity contribution in [1.82, 2.24) is 9.97 Å². The van der Waals surface area contributed by atoms with Gasteiger partial charge in [-0.05, 0) is 25.7 Å². The highest BCUT2D eigenvalue weighted by atomic mass is 35.5. The van der Waals surface area contributed by atoms with Crippen molar-refractivity contribution >= 4 is 17.4 Å². The average Bonchev–Trinajstić information content (AvgIpc) is 2.96. The molecule has 5 heteroatoms. The first-order valence-corrected chi connectivity index (χ1v) is 7.07. The average molecular weight is 268 g/mol. The van der Waals surface area contributed by atoms with E-state index in [-0.39, 0.29) is 0 Å². The number of ether oxygens (including phenoxy) is 1. The van der Waals surface area contributed by atoms with Gasteiger partial charge in [0.1, 0.15) is 17.3 Å². The minimum atomic E-state index is 0.346. The van der Waals surface area contributed by atoms with Gasteiger partial charge < -0.3 is 10.1 Å². The van der Waals surface area contributed by atoms with E-state index < -0.39 is 0 Å². The van der Waals surface area contributed by atoms with Crippen molar-refractivity contribution in [3.05, 3.63) is 17.0 Å². The van der Waals surface area contributed by atoms with Crippen LogP contribution in [0.25, 0.3) is 0 Å². The van der Waals surface area contributed by atoms with E-state index in [9.17, 15) is 0 Å². The highest BCUT2D eigenvalue weighted by Crippen LogP contribution is 2.36. The third kappa shape index (κ3) is 2.19. The molecule has 2 aliphatic heterocycles. The summed E-state index contributed by atoms with van der Waals surface area (Å²) in [6, 6.07) is 0.380. The molecule has 0 spiro atoms. The van der Waals surface area contributed by atoms with E-state index >= 15 is 0 Å². The van der Waals surface area contributed by atoms with E-state index in [4.69, 9.17) is 16.3 Å². The second kappa shape index (κ2) is 5.02. The molecule has 1 aromatic heterocycles. The summed E-state index contributed by atoms with van der Waals surface area (Å²) >= 11 is 6.15. The van der Waals surface area contributed by atoms with Crippen LogP contribution in [0.1, 0.15) is 38.2 Å². The number of hydrogen-bond donors (Lipinski definition) is 1. The van der Waals surface area contributed by atoms with E-state index in [1.54, 1.807) is 0 Å². The van der Waals surface area contributed by atoms with Crippen LogP contribution in [-0.4, -0.2) is 28.2 Å². The molecule has 1 aromatic rings. The summed E-state index contributed by atoms with van der Waals surface area (Å²) in [7, 11) is 0. The Balaban J connectivity index is 1.78. The number of hydrogen-bond acceptors (Lipinski definition) is 4. The summed E-state index contributed by atoms with van der Waals surface area (Å²) in [6.07, 6.45) is 7.70. The molecule has 2 bridgehead atoms. The van der Waals surface area contributed by atoms with Gasteiger partial charge in [-0.25, -0.2) is 9.97 Å². The molecule has 98 valence electrons. The molecule has 1 N–H and O–H groups in total. The van der Waals surface area contributed by atoms with Crippen molar-refractivity contribution in [2.24, 2.45) is 0 Å². The monoisotopic (exact) mass is 267 g/mol. The summed E-state index contributed by atoms with van der Waals surface area (Å²) in [5.41, 5.74) is 1.03. The van der Waals surface area contributed by atoms with Gasteiger partial charge in [-0.2, -0.15) is 0 Å². The van der Waals surface area contributed by atoms with Gasteiger partial charge in [0.15, 0.2) is 0 Å². The lowest BCUT2D eigenvalue weighted by molar-refractivity contribution is 0.102. The summed E-state index contributed by atoms with van der Waals surface area (Å²) in [6.45, 7) is 2.13. The predicted molar refractivity (Wildman–Crippen MR) is 71.0 cm³/mol. The molecule has 3 heterocycles. The lowest BCUT2D eigenvalue weighted by Gasteiger charge is -2.22. The maximum Gasteiger partial charge on any atom is 0.137 e. The fourth-order valence-corrected chi connectivity index (χ4v) is 3.18. The second-order valence-corrected chi connectivity index (χ2v) is 5.46. The molecule has 0 saturated carbocycles. The Morgan fingerprint density at radius 2 is 2.33 bits per heavy atom. The van der Waals surface area contributed by atoms with Gasteiger partial charge in [-0.1, -0.05) is 24.9 Å². The van der Waals surface area contributed by atoms with Crippen LogP contribution >= 0.6 is 11.6 Å². The highest BCUT2D eigenvalue weighted by Gasteiger charge is 2.41. The fourth-order valence-electron chi connectivity index (χ4n) is 2.95. The molecule has 0 radical (unpaired) electrons. The van der Waals surface area contributed by atoms with Gasteiger partial charge in [-0.3, -0.25) is 0 Å². The number of nitrogens with one attached hydrogen (secondary N) is 1. The Bertz CT molecular complexity index is 440. The summed E-state index contributed by atoms with van der Waals surface area (Å²) in [4.78, 5) is 8.41. The van der Waals surface area contributed by atoms with Crippen LogP contribution in [0.3, 0.4) is 0 Å².